The Morgan fingerprint density at radius 1 is 0.833 bits per heavy atom. The summed E-state index contributed by atoms with van der Waals surface area (Å²) in [4.78, 5) is 0. The lowest BCUT2D eigenvalue weighted by molar-refractivity contribution is 0.0487. The average Bonchev–Trinajstić information content (AvgIpc) is 2.78. The molecule has 0 saturated heterocycles. The Balaban J connectivity index is 0.00000289. The highest BCUT2D eigenvalue weighted by Gasteiger charge is 2.14. The van der Waals surface area contributed by atoms with Crippen LogP contribution in [-0.2, 0) is 0 Å². The summed E-state index contributed by atoms with van der Waals surface area (Å²) in [5, 5.41) is 4.91. The summed E-state index contributed by atoms with van der Waals surface area (Å²) in [6.45, 7) is 8.10. The molecule has 0 aliphatic carbocycles. The van der Waals surface area contributed by atoms with E-state index in [1.54, 1.807) is 0 Å². The SMILES string of the molecule is Br.CCCCCCCCN1CC=CN1CCCC. The van der Waals surface area contributed by atoms with Gasteiger partial charge in [-0.3, -0.25) is 0 Å². The van der Waals surface area contributed by atoms with E-state index in [-0.39, 0.29) is 17.0 Å². The maximum atomic E-state index is 2.50. The Morgan fingerprint density at radius 2 is 1.50 bits per heavy atom. The van der Waals surface area contributed by atoms with Crippen LogP contribution in [0.25, 0.3) is 0 Å². The molecule has 0 saturated carbocycles. The van der Waals surface area contributed by atoms with E-state index in [1.165, 1.54) is 64.5 Å². The first kappa shape index (κ1) is 18.0. The molecule has 0 atom stereocenters. The highest BCUT2D eigenvalue weighted by Crippen LogP contribution is 2.12. The molecular formula is C15H31BrN2. The van der Waals surface area contributed by atoms with Crippen molar-refractivity contribution in [3.8, 4) is 0 Å². The van der Waals surface area contributed by atoms with E-state index in [9.17, 15) is 0 Å². The van der Waals surface area contributed by atoms with Gasteiger partial charge < -0.3 is 5.01 Å². The van der Waals surface area contributed by atoms with Crippen LogP contribution >= 0.6 is 17.0 Å². The molecule has 1 rings (SSSR count). The molecule has 2 nitrogen and oxygen atoms in total. The zero-order chi connectivity index (χ0) is 12.3. The van der Waals surface area contributed by atoms with Gasteiger partial charge in [-0.25, -0.2) is 5.01 Å². The first-order valence-corrected chi connectivity index (χ1v) is 7.56. The summed E-state index contributed by atoms with van der Waals surface area (Å²) in [5.74, 6) is 0. The molecule has 0 radical (unpaired) electrons. The third-order valence-electron chi connectivity index (χ3n) is 3.47. The number of nitrogens with zero attached hydrogens (tertiary/aromatic N) is 2. The standard InChI is InChI=1S/C15H30N2.BrH/c1-3-5-7-8-9-10-13-17-15-11-14-16(17)12-6-4-2;/h11,14H,3-10,12-13,15H2,1-2H3;1H. The van der Waals surface area contributed by atoms with Crippen molar-refractivity contribution in [1.82, 2.24) is 10.0 Å². The molecule has 3 heteroatoms. The monoisotopic (exact) mass is 318 g/mol. The second-order valence-corrected chi connectivity index (χ2v) is 5.08. The van der Waals surface area contributed by atoms with Crippen LogP contribution in [0.15, 0.2) is 12.3 Å². The molecule has 0 aromatic heterocycles. The first-order valence-electron chi connectivity index (χ1n) is 7.56. The number of halogens is 1. The average molecular weight is 319 g/mol. The third-order valence-corrected chi connectivity index (χ3v) is 3.47. The molecule has 0 bridgehead atoms. The van der Waals surface area contributed by atoms with Crippen molar-refractivity contribution in [3.05, 3.63) is 12.3 Å². The number of unbranched alkanes of at least 4 members (excludes halogenated alkanes) is 6. The van der Waals surface area contributed by atoms with Gasteiger partial charge in [0.05, 0.1) is 0 Å². The normalized spacial score (nSPS) is 15.1. The van der Waals surface area contributed by atoms with Crippen LogP contribution in [0.4, 0.5) is 0 Å². The predicted molar refractivity (Wildman–Crippen MR) is 86.0 cm³/mol. The highest BCUT2D eigenvalue weighted by molar-refractivity contribution is 8.93. The van der Waals surface area contributed by atoms with Crippen LogP contribution in [0.3, 0.4) is 0 Å². The van der Waals surface area contributed by atoms with Crippen molar-refractivity contribution in [2.45, 2.75) is 65.2 Å². The molecule has 0 N–H and O–H groups in total. The van der Waals surface area contributed by atoms with E-state index in [1.807, 2.05) is 0 Å². The molecule has 18 heavy (non-hydrogen) atoms. The Hall–Kier alpha value is -0.0200. The maximum Gasteiger partial charge on any atom is 0.0379 e. The minimum absolute atomic E-state index is 0. The molecule has 0 unspecified atom stereocenters. The van der Waals surface area contributed by atoms with E-state index in [4.69, 9.17) is 0 Å². The van der Waals surface area contributed by atoms with Gasteiger partial charge in [-0.1, -0.05) is 58.4 Å². The Morgan fingerprint density at radius 3 is 2.22 bits per heavy atom. The van der Waals surface area contributed by atoms with Gasteiger partial charge in [0.1, 0.15) is 0 Å². The van der Waals surface area contributed by atoms with E-state index < -0.39 is 0 Å². The second kappa shape index (κ2) is 12.0. The largest absolute Gasteiger partial charge is 0.313 e. The number of hydrazine groups is 1. The van der Waals surface area contributed by atoms with Gasteiger partial charge in [0.2, 0.25) is 0 Å². The highest BCUT2D eigenvalue weighted by atomic mass is 79.9. The summed E-state index contributed by atoms with van der Waals surface area (Å²) in [7, 11) is 0. The van der Waals surface area contributed by atoms with Crippen molar-refractivity contribution in [2.75, 3.05) is 19.6 Å². The van der Waals surface area contributed by atoms with Gasteiger partial charge in [0.15, 0.2) is 0 Å². The number of rotatable bonds is 10. The summed E-state index contributed by atoms with van der Waals surface area (Å²) < 4.78 is 0. The minimum atomic E-state index is 0. The summed E-state index contributed by atoms with van der Waals surface area (Å²) in [5.41, 5.74) is 0. The molecule has 0 aromatic rings. The lowest BCUT2D eigenvalue weighted by Crippen LogP contribution is -2.36. The fraction of sp³-hybridized carbons (Fsp3) is 0.867. The van der Waals surface area contributed by atoms with E-state index in [0.29, 0.717) is 0 Å². The number of hydrogen-bond acceptors (Lipinski definition) is 2. The molecular weight excluding hydrogens is 288 g/mol. The lowest BCUT2D eigenvalue weighted by Gasteiger charge is -2.29. The lowest BCUT2D eigenvalue weighted by atomic mass is 10.1. The topological polar surface area (TPSA) is 6.48 Å². The molecule has 0 fully saturated rings. The fourth-order valence-electron chi connectivity index (χ4n) is 2.32. The van der Waals surface area contributed by atoms with Crippen molar-refractivity contribution in [1.29, 1.82) is 0 Å². The van der Waals surface area contributed by atoms with Gasteiger partial charge in [-0.05, 0) is 12.8 Å². The van der Waals surface area contributed by atoms with Crippen LogP contribution in [-0.4, -0.2) is 29.7 Å². The molecule has 0 aromatic carbocycles. The third kappa shape index (κ3) is 7.42. The molecule has 1 aliphatic rings. The second-order valence-electron chi connectivity index (χ2n) is 5.08. The van der Waals surface area contributed by atoms with Crippen molar-refractivity contribution in [2.24, 2.45) is 0 Å². The molecule has 0 amide bonds. The molecule has 1 aliphatic heterocycles. The Labute approximate surface area is 124 Å². The van der Waals surface area contributed by atoms with Crippen LogP contribution in [0.5, 0.6) is 0 Å². The molecule has 108 valence electrons. The minimum Gasteiger partial charge on any atom is -0.313 e. The van der Waals surface area contributed by atoms with Gasteiger partial charge in [-0.2, -0.15) is 0 Å². The fourth-order valence-corrected chi connectivity index (χ4v) is 2.32. The zero-order valence-electron chi connectivity index (χ0n) is 12.2. The summed E-state index contributed by atoms with van der Waals surface area (Å²) in [6, 6.07) is 0. The van der Waals surface area contributed by atoms with Crippen molar-refractivity contribution < 1.29 is 0 Å². The van der Waals surface area contributed by atoms with Crippen LogP contribution in [0.1, 0.15) is 65.2 Å². The van der Waals surface area contributed by atoms with Crippen LogP contribution in [0, 0.1) is 0 Å². The van der Waals surface area contributed by atoms with Crippen LogP contribution in [0.2, 0.25) is 0 Å². The van der Waals surface area contributed by atoms with Gasteiger partial charge in [-0.15, -0.1) is 17.0 Å². The van der Waals surface area contributed by atoms with Crippen molar-refractivity contribution in [3.63, 3.8) is 0 Å². The van der Waals surface area contributed by atoms with Gasteiger partial charge >= 0.3 is 0 Å². The van der Waals surface area contributed by atoms with E-state index >= 15 is 0 Å². The maximum absolute atomic E-state index is 2.50. The summed E-state index contributed by atoms with van der Waals surface area (Å²) >= 11 is 0. The van der Waals surface area contributed by atoms with E-state index in [2.05, 4.69) is 36.1 Å². The Kier molecular flexibility index (Phi) is 12.0. The zero-order valence-corrected chi connectivity index (χ0v) is 13.9. The van der Waals surface area contributed by atoms with Gasteiger partial charge in [0.25, 0.3) is 0 Å². The summed E-state index contributed by atoms with van der Waals surface area (Å²) in [6.07, 6.45) is 15.5. The first-order chi connectivity index (χ1) is 8.38. The smallest absolute Gasteiger partial charge is 0.0379 e. The predicted octanol–water partition coefficient (Wildman–Crippen LogP) is 4.77. The molecule has 0 spiro atoms. The van der Waals surface area contributed by atoms with Crippen molar-refractivity contribution >= 4 is 17.0 Å². The van der Waals surface area contributed by atoms with Crippen LogP contribution < -0.4 is 0 Å². The Bertz CT molecular complexity index is 207. The van der Waals surface area contributed by atoms with Gasteiger partial charge in [0, 0.05) is 25.8 Å². The molecule has 1 heterocycles. The quantitative estimate of drug-likeness (QED) is 0.535. The van der Waals surface area contributed by atoms with E-state index in [0.717, 1.165) is 6.54 Å². The number of hydrogen-bond donors (Lipinski definition) is 0.